The van der Waals surface area contributed by atoms with Crippen molar-refractivity contribution in [3.05, 3.63) is 83.6 Å². The maximum Gasteiger partial charge on any atom is 0.416 e. The summed E-state index contributed by atoms with van der Waals surface area (Å²) in [6.45, 7) is 7.25. The third-order valence-electron chi connectivity index (χ3n) is 7.74. The number of hydrogen-bond acceptors (Lipinski definition) is 2. The van der Waals surface area contributed by atoms with Crippen molar-refractivity contribution in [3.8, 4) is 5.75 Å². The summed E-state index contributed by atoms with van der Waals surface area (Å²) < 4.78 is 87.2. The summed E-state index contributed by atoms with van der Waals surface area (Å²) in [5.41, 5.74) is -0.739. The van der Waals surface area contributed by atoms with Gasteiger partial charge in [0.1, 0.15) is 12.3 Å². The highest BCUT2D eigenvalue weighted by molar-refractivity contribution is 5.83. The van der Waals surface area contributed by atoms with Crippen molar-refractivity contribution < 1.29 is 35.6 Å². The number of nitrogens with zero attached hydrogens (tertiary/aromatic N) is 2. The quantitative estimate of drug-likeness (QED) is 0.174. The van der Waals surface area contributed by atoms with E-state index in [9.17, 15) is 26.3 Å². The molecule has 3 nitrogen and oxygen atoms in total. The van der Waals surface area contributed by atoms with Gasteiger partial charge in [-0.05, 0) is 67.8 Å². The molecule has 0 saturated carbocycles. The fraction of sp³-hybridized carbons (Fsp3) is 0.414. The number of hydrogen-bond donors (Lipinski definition) is 0. The van der Waals surface area contributed by atoms with E-state index >= 15 is 0 Å². The average Bonchev–Trinajstić information content (AvgIpc) is 2.87. The predicted molar refractivity (Wildman–Crippen MR) is 135 cm³/mol. The fourth-order valence-electron chi connectivity index (χ4n) is 5.68. The van der Waals surface area contributed by atoms with E-state index in [1.54, 1.807) is 13.3 Å². The summed E-state index contributed by atoms with van der Waals surface area (Å²) in [5.74, 6) is 0.796. The summed E-state index contributed by atoms with van der Waals surface area (Å²) in [4.78, 5) is 4.43. The Morgan fingerprint density at radius 1 is 1.05 bits per heavy atom. The van der Waals surface area contributed by atoms with E-state index < -0.39 is 23.5 Å². The van der Waals surface area contributed by atoms with Gasteiger partial charge in [0.25, 0.3) is 0 Å². The molecule has 0 N–H and O–H groups in total. The summed E-state index contributed by atoms with van der Waals surface area (Å²) in [6, 6.07) is 9.33. The molecule has 2 aromatic carbocycles. The third kappa shape index (κ3) is 5.98. The maximum absolute atomic E-state index is 13.6. The zero-order valence-corrected chi connectivity index (χ0v) is 21.4. The smallest absolute Gasteiger partial charge is 0.416 e. The molecule has 1 aliphatic rings. The molecule has 1 aromatic heterocycles. The van der Waals surface area contributed by atoms with Gasteiger partial charge in [0, 0.05) is 29.5 Å². The highest BCUT2D eigenvalue weighted by Gasteiger charge is 2.41. The van der Waals surface area contributed by atoms with Gasteiger partial charge in [-0.3, -0.25) is 4.98 Å². The molecule has 2 heterocycles. The first-order valence-corrected chi connectivity index (χ1v) is 12.5. The lowest BCUT2D eigenvalue weighted by Gasteiger charge is -2.48. The van der Waals surface area contributed by atoms with Gasteiger partial charge in [0.2, 0.25) is 0 Å². The summed E-state index contributed by atoms with van der Waals surface area (Å²) in [6.07, 6.45) is -3.94. The summed E-state index contributed by atoms with van der Waals surface area (Å²) >= 11 is 0. The molecule has 3 aromatic rings. The van der Waals surface area contributed by atoms with Crippen molar-refractivity contribution >= 4 is 10.9 Å². The van der Waals surface area contributed by atoms with Gasteiger partial charge >= 0.3 is 12.4 Å². The van der Waals surface area contributed by atoms with Crippen LogP contribution in [0.25, 0.3) is 10.9 Å². The number of alkyl halides is 6. The van der Waals surface area contributed by atoms with Gasteiger partial charge in [0.15, 0.2) is 0 Å². The molecule has 204 valence electrons. The number of fused-ring (bicyclic) bond motifs is 1. The Morgan fingerprint density at radius 2 is 1.74 bits per heavy atom. The Hall–Kier alpha value is -3.07. The van der Waals surface area contributed by atoms with Gasteiger partial charge in [-0.2, -0.15) is 26.3 Å². The molecule has 9 heteroatoms. The van der Waals surface area contributed by atoms with Gasteiger partial charge in [-0.1, -0.05) is 6.08 Å². The SMILES string of the molecule is C=CC1CCC[N+](Cc2cc(C(F)(F)F)cc(C(F)(F)F)c2)(C(C)Cc2ccnc3ccc(OC)cc23)C1. The molecule has 1 aliphatic heterocycles. The number of likely N-dealkylation sites (tertiary alicyclic amines) is 1. The van der Waals surface area contributed by atoms with Crippen LogP contribution in [-0.2, 0) is 25.3 Å². The number of methoxy groups -OCH3 is 1. The van der Waals surface area contributed by atoms with E-state index in [1.165, 1.54) is 0 Å². The van der Waals surface area contributed by atoms with Crippen LogP contribution < -0.4 is 4.74 Å². The standard InChI is InChI=1S/C29H31F6N2O/c1-4-20-6-5-11-37(17-20,18-21-13-23(28(30,31)32)15-24(14-21)29(33,34)35)19(2)12-22-9-10-36-27-8-7-25(38-3)16-26(22)27/h4,7-10,13-16,19-20H,1,5-6,11-12,17-18H2,2-3H3/q+1. The molecule has 1 fully saturated rings. The van der Waals surface area contributed by atoms with Crippen LogP contribution in [0.5, 0.6) is 5.75 Å². The minimum Gasteiger partial charge on any atom is -0.497 e. The second kappa shape index (κ2) is 10.6. The van der Waals surface area contributed by atoms with Crippen molar-refractivity contribution in [1.29, 1.82) is 0 Å². The lowest BCUT2D eigenvalue weighted by molar-refractivity contribution is -0.968. The lowest BCUT2D eigenvalue weighted by atomic mass is 9.90. The van der Waals surface area contributed by atoms with Crippen LogP contribution in [0.4, 0.5) is 26.3 Å². The Balaban J connectivity index is 1.76. The van der Waals surface area contributed by atoms with E-state index in [0.29, 0.717) is 29.7 Å². The number of rotatable bonds is 7. The van der Waals surface area contributed by atoms with Crippen molar-refractivity contribution in [2.75, 3.05) is 20.2 Å². The Kier molecular flexibility index (Phi) is 7.79. The van der Waals surface area contributed by atoms with Gasteiger partial charge in [-0.15, -0.1) is 6.58 Å². The highest BCUT2D eigenvalue weighted by Crippen LogP contribution is 2.39. The minimum atomic E-state index is -4.88. The van der Waals surface area contributed by atoms with Gasteiger partial charge < -0.3 is 9.22 Å². The van der Waals surface area contributed by atoms with Crippen molar-refractivity contribution in [3.63, 3.8) is 0 Å². The zero-order chi connectivity index (χ0) is 27.7. The van der Waals surface area contributed by atoms with E-state index in [-0.39, 0.29) is 30.1 Å². The molecule has 0 aliphatic carbocycles. The van der Waals surface area contributed by atoms with E-state index in [4.69, 9.17) is 4.74 Å². The Morgan fingerprint density at radius 3 is 2.34 bits per heavy atom. The first-order valence-electron chi connectivity index (χ1n) is 12.5. The van der Waals surface area contributed by atoms with Gasteiger partial charge in [0.05, 0.1) is 42.9 Å². The van der Waals surface area contributed by atoms with Crippen LogP contribution in [0.2, 0.25) is 0 Å². The van der Waals surface area contributed by atoms with Crippen LogP contribution in [-0.4, -0.2) is 35.7 Å². The van der Waals surface area contributed by atoms with Crippen molar-refractivity contribution in [2.24, 2.45) is 5.92 Å². The molecule has 4 rings (SSSR count). The van der Waals surface area contributed by atoms with Crippen LogP contribution >= 0.6 is 0 Å². The Bertz CT molecular complexity index is 1270. The second-order valence-electron chi connectivity index (χ2n) is 10.2. The van der Waals surface area contributed by atoms with Crippen molar-refractivity contribution in [1.82, 2.24) is 4.98 Å². The monoisotopic (exact) mass is 537 g/mol. The molecule has 3 unspecified atom stereocenters. The number of aromatic nitrogens is 1. The molecule has 1 saturated heterocycles. The van der Waals surface area contributed by atoms with Crippen LogP contribution in [0.3, 0.4) is 0 Å². The first-order chi connectivity index (χ1) is 17.8. The largest absolute Gasteiger partial charge is 0.497 e. The fourth-order valence-corrected chi connectivity index (χ4v) is 5.68. The predicted octanol–water partition coefficient (Wildman–Crippen LogP) is 7.83. The summed E-state index contributed by atoms with van der Waals surface area (Å²) in [5, 5.41) is 0.910. The molecule has 38 heavy (non-hydrogen) atoms. The first kappa shape index (κ1) is 28.0. The third-order valence-corrected chi connectivity index (χ3v) is 7.74. The molecule has 0 bridgehead atoms. The molecule has 3 atom stereocenters. The molecule has 0 radical (unpaired) electrons. The molecular weight excluding hydrogens is 506 g/mol. The maximum atomic E-state index is 13.6. The van der Waals surface area contributed by atoms with E-state index in [2.05, 4.69) is 11.6 Å². The van der Waals surface area contributed by atoms with E-state index in [0.717, 1.165) is 41.4 Å². The van der Waals surface area contributed by atoms with Crippen LogP contribution in [0, 0.1) is 5.92 Å². The average molecular weight is 538 g/mol. The number of piperidine rings is 1. The minimum absolute atomic E-state index is 0.0324. The summed E-state index contributed by atoms with van der Waals surface area (Å²) in [7, 11) is 1.58. The number of benzene rings is 2. The normalized spacial score (nSPS) is 21.3. The second-order valence-corrected chi connectivity index (χ2v) is 10.2. The van der Waals surface area contributed by atoms with E-state index in [1.807, 2.05) is 37.3 Å². The number of ether oxygens (including phenoxy) is 1. The number of quaternary nitrogens is 1. The van der Waals surface area contributed by atoms with Gasteiger partial charge in [-0.25, -0.2) is 0 Å². The molecular formula is C29H31F6N2O+. The zero-order valence-electron chi connectivity index (χ0n) is 21.4. The van der Waals surface area contributed by atoms with Crippen LogP contribution in [0.1, 0.15) is 42.0 Å². The molecule has 0 amide bonds. The highest BCUT2D eigenvalue weighted by atomic mass is 19.4. The topological polar surface area (TPSA) is 22.1 Å². The van der Waals surface area contributed by atoms with Crippen LogP contribution in [0.15, 0.2) is 61.3 Å². The number of pyridine rings is 1. The Labute approximate surface area is 218 Å². The molecule has 0 spiro atoms. The lowest BCUT2D eigenvalue weighted by Crippen LogP contribution is -2.59. The van der Waals surface area contributed by atoms with Crippen molar-refractivity contribution in [2.45, 2.75) is 51.1 Å². The number of halogens is 6.